The first kappa shape index (κ1) is 19.9. The molecule has 144 valence electrons. The number of nitriles is 1. The van der Waals surface area contributed by atoms with Gasteiger partial charge in [0.1, 0.15) is 11.6 Å². The first-order valence-corrected chi connectivity index (χ1v) is 10.0. The van der Waals surface area contributed by atoms with Crippen molar-refractivity contribution in [2.24, 2.45) is 5.92 Å². The van der Waals surface area contributed by atoms with Gasteiger partial charge in [-0.05, 0) is 42.3 Å². The highest BCUT2D eigenvalue weighted by Crippen LogP contribution is 2.27. The second-order valence-electron chi connectivity index (χ2n) is 6.62. The molecule has 0 aliphatic heterocycles. The summed E-state index contributed by atoms with van der Waals surface area (Å²) in [5.41, 5.74) is 1.06. The minimum absolute atomic E-state index is 0.305. The van der Waals surface area contributed by atoms with Crippen molar-refractivity contribution >= 4 is 11.8 Å². The number of halogens is 1. The first-order valence-electron chi connectivity index (χ1n) is 9.02. The highest BCUT2D eigenvalue weighted by atomic mass is 32.2. The molecule has 0 saturated heterocycles. The summed E-state index contributed by atoms with van der Waals surface area (Å²) in [6, 6.07) is 15.7. The maximum absolute atomic E-state index is 14.2. The van der Waals surface area contributed by atoms with Crippen molar-refractivity contribution in [3.8, 4) is 23.2 Å². The van der Waals surface area contributed by atoms with Crippen LogP contribution in [0.15, 0.2) is 53.7 Å². The highest BCUT2D eigenvalue weighted by molar-refractivity contribution is 7.99. The first-order chi connectivity index (χ1) is 13.6. The number of hydrogen-bond acceptors (Lipinski definition) is 5. The van der Waals surface area contributed by atoms with Crippen LogP contribution < -0.4 is 4.74 Å². The fraction of sp³-hybridized carbons (Fsp3) is 0.286. The zero-order chi connectivity index (χ0) is 19.9. The monoisotopic (exact) mass is 396 g/mol. The summed E-state index contributed by atoms with van der Waals surface area (Å²) in [4.78, 5) is 0. The van der Waals surface area contributed by atoms with E-state index in [9.17, 15) is 4.39 Å². The summed E-state index contributed by atoms with van der Waals surface area (Å²) in [5.74, 6) is 2.00. The van der Waals surface area contributed by atoms with Crippen LogP contribution in [0.25, 0.3) is 11.4 Å². The Hall–Kier alpha value is -2.85. The lowest BCUT2D eigenvalue weighted by molar-refractivity contribution is 0.343. The molecule has 3 aromatic rings. The lowest BCUT2D eigenvalue weighted by Gasteiger charge is -2.13. The molecular weight excluding hydrogens is 375 g/mol. The lowest BCUT2D eigenvalue weighted by Crippen LogP contribution is -2.09. The maximum Gasteiger partial charge on any atom is 0.191 e. The molecule has 5 nitrogen and oxygen atoms in total. The zero-order valence-electron chi connectivity index (χ0n) is 15.8. The van der Waals surface area contributed by atoms with Gasteiger partial charge in [-0.3, -0.25) is 0 Å². The van der Waals surface area contributed by atoms with E-state index in [1.54, 1.807) is 42.5 Å². The molecule has 0 N–H and O–H groups in total. The molecule has 0 spiro atoms. The number of benzene rings is 2. The molecule has 7 heteroatoms. The number of ether oxygens (including phenoxy) is 1. The van der Waals surface area contributed by atoms with Crippen molar-refractivity contribution in [1.29, 1.82) is 5.26 Å². The number of nitrogens with zero attached hydrogens (tertiary/aromatic N) is 4. The standard InChI is InChI=1S/C21H21FN4OS/c1-15(2)14-26-20(18-5-3-4-6-19(18)22)24-25-21(26)28-12-11-27-17-9-7-16(13-23)8-10-17/h3-10,15H,11-12,14H2,1-2H3. The van der Waals surface area contributed by atoms with Gasteiger partial charge in [-0.1, -0.05) is 37.7 Å². The third-order valence-corrected chi connectivity index (χ3v) is 4.88. The van der Waals surface area contributed by atoms with Gasteiger partial charge in [0.05, 0.1) is 23.8 Å². The summed E-state index contributed by atoms with van der Waals surface area (Å²) in [7, 11) is 0. The van der Waals surface area contributed by atoms with E-state index in [0.29, 0.717) is 41.8 Å². The van der Waals surface area contributed by atoms with Gasteiger partial charge in [0.2, 0.25) is 0 Å². The smallest absolute Gasteiger partial charge is 0.191 e. The Labute approximate surface area is 168 Å². The van der Waals surface area contributed by atoms with Crippen molar-refractivity contribution in [1.82, 2.24) is 14.8 Å². The van der Waals surface area contributed by atoms with Gasteiger partial charge in [0.25, 0.3) is 0 Å². The second kappa shape index (κ2) is 9.38. The van der Waals surface area contributed by atoms with Crippen molar-refractivity contribution < 1.29 is 9.13 Å². The SMILES string of the molecule is CC(C)Cn1c(SCCOc2ccc(C#N)cc2)nnc1-c1ccccc1F. The highest BCUT2D eigenvalue weighted by Gasteiger charge is 2.17. The Kier molecular flexibility index (Phi) is 6.66. The number of thioether (sulfide) groups is 1. The maximum atomic E-state index is 14.2. The summed E-state index contributed by atoms with van der Waals surface area (Å²) in [6.07, 6.45) is 0. The molecule has 1 heterocycles. The minimum Gasteiger partial charge on any atom is -0.493 e. The van der Waals surface area contributed by atoms with Gasteiger partial charge in [0.15, 0.2) is 11.0 Å². The third-order valence-electron chi connectivity index (χ3n) is 3.95. The van der Waals surface area contributed by atoms with Crippen LogP contribution in [0.4, 0.5) is 4.39 Å². The molecule has 0 saturated carbocycles. The van der Waals surface area contributed by atoms with E-state index in [-0.39, 0.29) is 5.82 Å². The van der Waals surface area contributed by atoms with E-state index in [2.05, 4.69) is 30.1 Å². The van der Waals surface area contributed by atoms with Gasteiger partial charge in [-0.25, -0.2) is 4.39 Å². The van der Waals surface area contributed by atoms with E-state index >= 15 is 0 Å². The van der Waals surface area contributed by atoms with Gasteiger partial charge in [-0.2, -0.15) is 5.26 Å². The van der Waals surface area contributed by atoms with Gasteiger partial charge in [-0.15, -0.1) is 10.2 Å². The van der Waals surface area contributed by atoms with Gasteiger partial charge in [0, 0.05) is 12.3 Å². The van der Waals surface area contributed by atoms with E-state index in [1.807, 2.05) is 4.57 Å². The molecule has 0 bridgehead atoms. The number of hydrogen-bond donors (Lipinski definition) is 0. The van der Waals surface area contributed by atoms with Gasteiger partial charge < -0.3 is 9.30 Å². The molecule has 0 atom stereocenters. The van der Waals surface area contributed by atoms with E-state index < -0.39 is 0 Å². The van der Waals surface area contributed by atoms with Crippen molar-refractivity contribution in [3.63, 3.8) is 0 Å². The molecule has 0 radical (unpaired) electrons. The van der Waals surface area contributed by atoms with Crippen LogP contribution in [0.1, 0.15) is 19.4 Å². The number of rotatable bonds is 8. The summed E-state index contributed by atoms with van der Waals surface area (Å²) in [5, 5.41) is 18.1. The fourth-order valence-corrected chi connectivity index (χ4v) is 3.45. The lowest BCUT2D eigenvalue weighted by atomic mass is 10.2. The zero-order valence-corrected chi connectivity index (χ0v) is 16.6. The Morgan fingerprint density at radius 3 is 2.57 bits per heavy atom. The largest absolute Gasteiger partial charge is 0.493 e. The third kappa shape index (κ3) is 4.90. The van der Waals surface area contributed by atoms with Crippen LogP contribution in [0, 0.1) is 23.1 Å². The van der Waals surface area contributed by atoms with Crippen molar-refractivity contribution in [2.75, 3.05) is 12.4 Å². The molecule has 2 aromatic carbocycles. The average molecular weight is 396 g/mol. The molecule has 0 amide bonds. The minimum atomic E-state index is -0.305. The van der Waals surface area contributed by atoms with Crippen molar-refractivity contribution in [3.05, 3.63) is 59.9 Å². The van der Waals surface area contributed by atoms with Crippen LogP contribution in [-0.2, 0) is 6.54 Å². The summed E-state index contributed by atoms with van der Waals surface area (Å²) < 4.78 is 21.9. The van der Waals surface area contributed by atoms with Crippen molar-refractivity contribution in [2.45, 2.75) is 25.5 Å². The fourth-order valence-electron chi connectivity index (χ4n) is 2.69. The topological polar surface area (TPSA) is 63.7 Å². The summed E-state index contributed by atoms with van der Waals surface area (Å²) >= 11 is 1.53. The molecule has 0 unspecified atom stereocenters. The van der Waals surface area contributed by atoms with Crippen LogP contribution in [0.3, 0.4) is 0 Å². The second-order valence-corrected chi connectivity index (χ2v) is 7.69. The Balaban J connectivity index is 1.68. The van der Waals surface area contributed by atoms with Crippen LogP contribution >= 0.6 is 11.8 Å². The molecule has 1 aromatic heterocycles. The predicted octanol–water partition coefficient (Wildman–Crippen LogP) is 4.78. The number of aromatic nitrogens is 3. The Morgan fingerprint density at radius 2 is 1.89 bits per heavy atom. The normalized spacial score (nSPS) is 10.8. The van der Waals surface area contributed by atoms with E-state index in [0.717, 1.165) is 10.9 Å². The Bertz CT molecular complexity index is 963. The average Bonchev–Trinajstić information content (AvgIpc) is 3.07. The van der Waals surface area contributed by atoms with E-state index in [4.69, 9.17) is 10.00 Å². The molecule has 0 aliphatic carbocycles. The Morgan fingerprint density at radius 1 is 1.14 bits per heavy atom. The molecule has 28 heavy (non-hydrogen) atoms. The quantitative estimate of drug-likeness (QED) is 0.405. The molecular formula is C21H21FN4OS. The summed E-state index contributed by atoms with van der Waals surface area (Å²) in [6.45, 7) is 5.40. The van der Waals surface area contributed by atoms with Crippen LogP contribution in [0.5, 0.6) is 5.75 Å². The van der Waals surface area contributed by atoms with E-state index in [1.165, 1.54) is 17.8 Å². The molecule has 0 fully saturated rings. The molecule has 3 rings (SSSR count). The van der Waals surface area contributed by atoms with Gasteiger partial charge >= 0.3 is 0 Å². The van der Waals surface area contributed by atoms with Crippen LogP contribution in [0.2, 0.25) is 0 Å². The molecule has 0 aliphatic rings. The van der Waals surface area contributed by atoms with Crippen LogP contribution in [-0.4, -0.2) is 27.1 Å². The predicted molar refractivity (Wildman–Crippen MR) is 108 cm³/mol.